The molecule has 1 atom stereocenters. The number of carbonyl (C=O) groups is 1. The number of hydrogen-bond donors (Lipinski definition) is 0. The second-order valence-corrected chi connectivity index (χ2v) is 12.9. The number of piperazine rings is 1. The Kier molecular flexibility index (Phi) is 9.12. The van der Waals surface area contributed by atoms with Gasteiger partial charge in [-0.2, -0.15) is 4.98 Å². The molecule has 4 heterocycles. The number of fused-ring (bicyclic) bond motifs is 1. The molecule has 1 saturated heterocycles. The predicted molar refractivity (Wildman–Crippen MR) is 172 cm³/mol. The van der Waals surface area contributed by atoms with Gasteiger partial charge in [0.2, 0.25) is 0 Å². The van der Waals surface area contributed by atoms with Gasteiger partial charge < -0.3 is 19.3 Å². The van der Waals surface area contributed by atoms with Crippen LogP contribution < -0.4 is 10.6 Å². The monoisotopic (exact) mass is 634 g/mol. The van der Waals surface area contributed by atoms with Gasteiger partial charge in [0.1, 0.15) is 28.7 Å². The normalized spacial score (nSPS) is 15.6. The van der Waals surface area contributed by atoms with Gasteiger partial charge >= 0.3 is 11.8 Å². The van der Waals surface area contributed by atoms with E-state index in [1.165, 1.54) is 29.9 Å². The Morgan fingerprint density at radius 2 is 1.85 bits per heavy atom. The van der Waals surface area contributed by atoms with Crippen LogP contribution in [0.1, 0.15) is 64.3 Å². The maximum Gasteiger partial charge on any atom is 0.410 e. The van der Waals surface area contributed by atoms with Gasteiger partial charge in [0, 0.05) is 44.5 Å². The molecule has 5 rings (SSSR count). The fourth-order valence-electron chi connectivity index (χ4n) is 5.86. The number of pyridine rings is 2. The van der Waals surface area contributed by atoms with E-state index in [0.717, 1.165) is 5.56 Å². The van der Waals surface area contributed by atoms with Crippen LogP contribution in [0.4, 0.5) is 19.4 Å². The molecule has 1 amide bonds. The summed E-state index contributed by atoms with van der Waals surface area (Å²) in [6.45, 7) is 14.0. The number of aryl methyl sites for hydroxylation is 1. The minimum Gasteiger partial charge on any atom is -0.444 e. The van der Waals surface area contributed by atoms with Gasteiger partial charge in [-0.1, -0.05) is 26.0 Å². The van der Waals surface area contributed by atoms with Gasteiger partial charge in [0.15, 0.2) is 5.65 Å². The summed E-state index contributed by atoms with van der Waals surface area (Å²) in [6, 6.07) is 7.14. The van der Waals surface area contributed by atoms with E-state index in [0.29, 0.717) is 36.6 Å². The van der Waals surface area contributed by atoms with Crippen LogP contribution in [0.3, 0.4) is 0 Å². The summed E-state index contributed by atoms with van der Waals surface area (Å²) in [7, 11) is 1.47. The summed E-state index contributed by atoms with van der Waals surface area (Å²) in [5, 5.41) is 0.265. The molecule has 10 nitrogen and oxygen atoms in total. The molecule has 4 aromatic rings. The minimum atomic E-state index is -0.782. The number of amides is 1. The van der Waals surface area contributed by atoms with Gasteiger partial charge in [0.25, 0.3) is 0 Å². The van der Waals surface area contributed by atoms with E-state index in [4.69, 9.17) is 14.5 Å². The van der Waals surface area contributed by atoms with Crippen molar-refractivity contribution in [2.45, 2.75) is 72.6 Å². The summed E-state index contributed by atoms with van der Waals surface area (Å²) in [6.07, 6.45) is 1.24. The Hall–Kier alpha value is -4.45. The molecule has 1 fully saturated rings. The van der Waals surface area contributed by atoms with E-state index in [1.54, 1.807) is 44.0 Å². The Morgan fingerprint density at radius 1 is 1.11 bits per heavy atom. The zero-order valence-corrected chi connectivity index (χ0v) is 27.5. The molecular formula is C34H40F2N6O4. The second kappa shape index (κ2) is 12.7. The van der Waals surface area contributed by atoms with Crippen LogP contribution in [0.25, 0.3) is 28.0 Å². The maximum atomic E-state index is 16.2. The lowest BCUT2D eigenvalue weighted by Gasteiger charge is -2.41. The van der Waals surface area contributed by atoms with Crippen molar-refractivity contribution < 1.29 is 23.0 Å². The second-order valence-electron chi connectivity index (χ2n) is 12.9. The van der Waals surface area contributed by atoms with E-state index >= 15 is 8.78 Å². The van der Waals surface area contributed by atoms with Gasteiger partial charge in [-0.05, 0) is 69.9 Å². The van der Waals surface area contributed by atoms with Crippen molar-refractivity contribution in [3.63, 3.8) is 0 Å². The molecule has 1 aromatic carbocycles. The lowest BCUT2D eigenvalue weighted by molar-refractivity contribution is 0.0218. The highest BCUT2D eigenvalue weighted by molar-refractivity contribution is 5.91. The van der Waals surface area contributed by atoms with Crippen LogP contribution in [0.15, 0.2) is 41.3 Å². The van der Waals surface area contributed by atoms with E-state index in [2.05, 4.69) is 9.97 Å². The molecule has 0 bridgehead atoms. The summed E-state index contributed by atoms with van der Waals surface area (Å²) in [5.74, 6) is -1.30. The number of carbonyl (C=O) groups excluding carboxylic acids is 1. The third-order valence-corrected chi connectivity index (χ3v) is 7.91. The van der Waals surface area contributed by atoms with Gasteiger partial charge in [-0.3, -0.25) is 4.98 Å². The third kappa shape index (κ3) is 6.31. The highest BCUT2D eigenvalue weighted by atomic mass is 19.1. The first kappa shape index (κ1) is 32.9. The summed E-state index contributed by atoms with van der Waals surface area (Å²) in [5.41, 5.74) is 0.794. The fraction of sp³-hybridized carbons (Fsp3) is 0.441. The fourth-order valence-corrected chi connectivity index (χ4v) is 5.86. The molecule has 1 aliphatic rings. The Morgan fingerprint density at radius 3 is 2.50 bits per heavy atom. The topological polar surface area (TPSA) is 103 Å². The van der Waals surface area contributed by atoms with Gasteiger partial charge in [-0.15, -0.1) is 0 Å². The number of anilines is 1. The van der Waals surface area contributed by atoms with Crippen molar-refractivity contribution in [1.29, 1.82) is 0 Å². The van der Waals surface area contributed by atoms with Crippen LogP contribution in [-0.4, -0.2) is 68.9 Å². The van der Waals surface area contributed by atoms with E-state index in [-0.39, 0.29) is 46.7 Å². The van der Waals surface area contributed by atoms with Crippen molar-refractivity contribution >= 4 is 22.9 Å². The molecule has 244 valence electrons. The number of benzene rings is 1. The molecule has 1 aliphatic heterocycles. The van der Waals surface area contributed by atoms with Crippen LogP contribution in [0, 0.1) is 18.6 Å². The number of halogens is 2. The summed E-state index contributed by atoms with van der Waals surface area (Å²) < 4.78 is 43.8. The van der Waals surface area contributed by atoms with Gasteiger partial charge in [-0.25, -0.2) is 27.9 Å². The molecule has 46 heavy (non-hydrogen) atoms. The lowest BCUT2D eigenvalue weighted by atomic mass is 10.0. The molecule has 0 radical (unpaired) electrons. The zero-order valence-electron chi connectivity index (χ0n) is 27.5. The van der Waals surface area contributed by atoms with Crippen LogP contribution >= 0.6 is 0 Å². The highest BCUT2D eigenvalue weighted by Gasteiger charge is 2.33. The molecule has 0 saturated carbocycles. The standard InChI is InChI=1S/C34H40F2N6O4/c1-19(2)27-29(20(3)12-13-37-27)42-31-23(16-25(36)28(38-31)26-22(18-45-8)10-9-11-24(26)35)30(39-32(42)43)41-15-14-40(17-21(41)4)33(44)46-34(5,6)7/h9-13,16,19,21H,14-15,17-18H2,1-8H3/t21-/m0/s1. The third-order valence-electron chi connectivity index (χ3n) is 7.91. The number of nitrogens with zero attached hydrogens (tertiary/aromatic N) is 6. The average Bonchev–Trinajstić information content (AvgIpc) is 2.97. The largest absolute Gasteiger partial charge is 0.444 e. The predicted octanol–water partition coefficient (Wildman–Crippen LogP) is 6.14. The minimum absolute atomic E-state index is 0.0271. The quantitative estimate of drug-likeness (QED) is 0.249. The molecule has 12 heteroatoms. The molecular weight excluding hydrogens is 594 g/mol. The van der Waals surface area contributed by atoms with Crippen molar-refractivity contribution in [3.05, 3.63) is 75.5 Å². The first-order valence-corrected chi connectivity index (χ1v) is 15.3. The SMILES string of the molecule is COCc1cccc(F)c1-c1nc2c(cc1F)c(N1CCN(C(=O)OC(C)(C)C)C[C@@H]1C)nc(=O)n2-c1c(C)ccnc1C(C)C. The number of rotatable bonds is 6. The van der Waals surface area contributed by atoms with E-state index in [1.807, 2.05) is 32.6 Å². The number of aromatic nitrogens is 4. The van der Waals surface area contributed by atoms with Crippen molar-refractivity contribution in [3.8, 4) is 16.9 Å². The average molecular weight is 635 g/mol. The molecule has 0 N–H and O–H groups in total. The number of hydrogen-bond acceptors (Lipinski definition) is 8. The van der Waals surface area contributed by atoms with Crippen molar-refractivity contribution in [2.75, 3.05) is 31.6 Å². The maximum absolute atomic E-state index is 16.2. The van der Waals surface area contributed by atoms with Crippen LogP contribution in [0.5, 0.6) is 0 Å². The van der Waals surface area contributed by atoms with Crippen LogP contribution in [-0.2, 0) is 16.1 Å². The first-order valence-electron chi connectivity index (χ1n) is 15.3. The molecule has 0 spiro atoms. The Bertz CT molecular complexity index is 1850. The lowest BCUT2D eigenvalue weighted by Crippen LogP contribution is -2.55. The van der Waals surface area contributed by atoms with E-state index < -0.39 is 29.0 Å². The number of ether oxygens (including phenoxy) is 2. The van der Waals surface area contributed by atoms with Crippen molar-refractivity contribution in [1.82, 2.24) is 24.4 Å². The Labute approximate surface area is 267 Å². The van der Waals surface area contributed by atoms with Gasteiger partial charge in [0.05, 0.1) is 23.4 Å². The summed E-state index contributed by atoms with van der Waals surface area (Å²) >= 11 is 0. The first-order chi connectivity index (χ1) is 21.7. The van der Waals surface area contributed by atoms with Crippen LogP contribution in [0.2, 0.25) is 0 Å². The molecule has 0 aliphatic carbocycles. The molecule has 0 unspecified atom stereocenters. The Balaban J connectivity index is 1.75. The van der Waals surface area contributed by atoms with Crippen molar-refractivity contribution in [2.24, 2.45) is 0 Å². The smallest absolute Gasteiger partial charge is 0.410 e. The molecule has 3 aromatic heterocycles. The van der Waals surface area contributed by atoms with E-state index in [9.17, 15) is 9.59 Å². The highest BCUT2D eigenvalue weighted by Crippen LogP contribution is 2.35. The zero-order chi connectivity index (χ0) is 33.5. The summed E-state index contributed by atoms with van der Waals surface area (Å²) in [4.78, 5) is 44.2. The number of methoxy groups -OCH3 is 1.